The molecule has 0 saturated heterocycles. The molecule has 3 rings (SSSR count). The van der Waals surface area contributed by atoms with E-state index in [0.717, 1.165) is 0 Å². The largest absolute Gasteiger partial charge is 0.493 e. The molecule has 1 heterocycles. The monoisotopic (exact) mass is 421 g/mol. The number of amides is 1. The topological polar surface area (TPSA) is 74.3 Å². The first kappa shape index (κ1) is 21.4. The number of halogens is 2. The van der Waals surface area contributed by atoms with Crippen LogP contribution in [0.2, 0.25) is 0 Å². The van der Waals surface area contributed by atoms with Crippen LogP contribution < -0.4 is 19.1 Å². The van der Waals surface area contributed by atoms with Crippen LogP contribution >= 0.6 is 0 Å². The number of rotatable bonds is 8. The maximum atomic E-state index is 12.4. The maximum absolute atomic E-state index is 12.4. The van der Waals surface area contributed by atoms with E-state index in [0.29, 0.717) is 17.0 Å². The SMILES string of the molecule is COc1cc(COC(=O)CCN2C(=O)C(C)Oc3ccccc32)ccc1OC(F)F. The molecule has 1 aliphatic rings. The van der Waals surface area contributed by atoms with Crippen molar-refractivity contribution in [2.24, 2.45) is 0 Å². The molecule has 160 valence electrons. The number of hydrogen-bond donors (Lipinski definition) is 0. The number of esters is 1. The maximum Gasteiger partial charge on any atom is 0.387 e. The highest BCUT2D eigenvalue weighted by Gasteiger charge is 2.31. The first-order valence-electron chi connectivity index (χ1n) is 9.23. The first-order valence-corrected chi connectivity index (χ1v) is 9.23. The Morgan fingerprint density at radius 3 is 2.70 bits per heavy atom. The summed E-state index contributed by atoms with van der Waals surface area (Å²) in [6.07, 6.45) is -0.659. The van der Waals surface area contributed by atoms with Gasteiger partial charge in [-0.25, -0.2) is 0 Å². The van der Waals surface area contributed by atoms with Crippen LogP contribution in [0.1, 0.15) is 18.9 Å². The van der Waals surface area contributed by atoms with Gasteiger partial charge in [0.1, 0.15) is 12.4 Å². The van der Waals surface area contributed by atoms with Crippen molar-refractivity contribution >= 4 is 17.6 Å². The molecule has 0 aromatic heterocycles. The Kier molecular flexibility index (Phi) is 6.71. The smallest absolute Gasteiger partial charge is 0.387 e. The van der Waals surface area contributed by atoms with E-state index in [4.69, 9.17) is 14.2 Å². The van der Waals surface area contributed by atoms with Gasteiger partial charge in [-0.2, -0.15) is 8.78 Å². The Balaban J connectivity index is 1.57. The Bertz CT molecular complexity index is 920. The molecule has 0 bridgehead atoms. The minimum absolute atomic E-state index is 0.0174. The van der Waals surface area contributed by atoms with Crippen LogP contribution in [-0.2, 0) is 20.9 Å². The Labute approximate surface area is 172 Å². The molecular weight excluding hydrogens is 400 g/mol. The molecule has 0 spiro atoms. The van der Waals surface area contributed by atoms with Gasteiger partial charge in [0.15, 0.2) is 17.6 Å². The fourth-order valence-electron chi connectivity index (χ4n) is 3.02. The number of carbonyl (C=O) groups excluding carboxylic acids is 2. The van der Waals surface area contributed by atoms with Crippen molar-refractivity contribution in [1.29, 1.82) is 0 Å². The number of nitrogens with zero attached hydrogens (tertiary/aromatic N) is 1. The van der Waals surface area contributed by atoms with Gasteiger partial charge in [-0.1, -0.05) is 18.2 Å². The summed E-state index contributed by atoms with van der Waals surface area (Å²) in [5, 5.41) is 0. The zero-order valence-electron chi connectivity index (χ0n) is 16.5. The van der Waals surface area contributed by atoms with Gasteiger partial charge in [0, 0.05) is 6.54 Å². The summed E-state index contributed by atoms with van der Waals surface area (Å²) in [6.45, 7) is -1.25. The number of alkyl halides is 2. The van der Waals surface area contributed by atoms with E-state index in [9.17, 15) is 18.4 Å². The summed E-state index contributed by atoms with van der Waals surface area (Å²) in [4.78, 5) is 26.1. The number of methoxy groups -OCH3 is 1. The lowest BCUT2D eigenvalue weighted by Gasteiger charge is -2.32. The van der Waals surface area contributed by atoms with Crippen LogP contribution in [0.25, 0.3) is 0 Å². The van der Waals surface area contributed by atoms with Crippen molar-refractivity contribution in [2.45, 2.75) is 32.7 Å². The zero-order chi connectivity index (χ0) is 21.7. The molecule has 30 heavy (non-hydrogen) atoms. The number of anilines is 1. The summed E-state index contributed by atoms with van der Waals surface area (Å²) >= 11 is 0. The lowest BCUT2D eigenvalue weighted by atomic mass is 10.2. The van der Waals surface area contributed by atoms with Crippen molar-refractivity contribution in [3.05, 3.63) is 48.0 Å². The number of benzene rings is 2. The second kappa shape index (κ2) is 9.43. The summed E-state index contributed by atoms with van der Waals surface area (Å²) in [5.41, 5.74) is 1.15. The molecule has 2 aromatic carbocycles. The molecule has 1 atom stereocenters. The van der Waals surface area contributed by atoms with Crippen molar-refractivity contribution in [2.75, 3.05) is 18.6 Å². The lowest BCUT2D eigenvalue weighted by molar-refractivity contribution is -0.144. The van der Waals surface area contributed by atoms with E-state index in [-0.39, 0.29) is 37.0 Å². The molecular formula is C21H21F2NO6. The van der Waals surface area contributed by atoms with Gasteiger partial charge in [0.25, 0.3) is 5.91 Å². The highest BCUT2D eigenvalue weighted by molar-refractivity contribution is 6.00. The van der Waals surface area contributed by atoms with E-state index < -0.39 is 18.7 Å². The number of hydrogen-bond acceptors (Lipinski definition) is 6. The molecule has 1 unspecified atom stereocenters. The van der Waals surface area contributed by atoms with Gasteiger partial charge >= 0.3 is 12.6 Å². The van der Waals surface area contributed by atoms with Crippen LogP contribution in [-0.4, -0.2) is 38.2 Å². The van der Waals surface area contributed by atoms with Crippen LogP contribution in [0.15, 0.2) is 42.5 Å². The third-order valence-electron chi connectivity index (χ3n) is 4.46. The second-order valence-electron chi connectivity index (χ2n) is 6.49. The quantitative estimate of drug-likeness (QED) is 0.607. The summed E-state index contributed by atoms with van der Waals surface area (Å²) in [6, 6.07) is 11.4. The fraction of sp³-hybridized carbons (Fsp3) is 0.333. The molecule has 0 fully saturated rings. The standard InChI is InChI=1S/C21H21F2NO6/c1-13-20(26)24(15-5-3-4-6-16(15)29-13)10-9-19(25)28-12-14-7-8-17(30-21(22)23)18(11-14)27-2/h3-8,11,13,21H,9-10,12H2,1-2H3. The van der Waals surface area contributed by atoms with Crippen LogP contribution in [0.5, 0.6) is 17.2 Å². The molecule has 1 amide bonds. The van der Waals surface area contributed by atoms with Gasteiger partial charge in [0.05, 0.1) is 19.2 Å². The van der Waals surface area contributed by atoms with Gasteiger partial charge in [-0.15, -0.1) is 0 Å². The minimum Gasteiger partial charge on any atom is -0.493 e. The Hall–Kier alpha value is -3.36. The average molecular weight is 421 g/mol. The number of carbonyl (C=O) groups is 2. The normalized spacial score (nSPS) is 15.4. The Morgan fingerprint density at radius 1 is 1.20 bits per heavy atom. The molecule has 0 N–H and O–H groups in total. The van der Waals surface area contributed by atoms with Gasteiger partial charge in [0.2, 0.25) is 0 Å². The Morgan fingerprint density at radius 2 is 1.97 bits per heavy atom. The van der Waals surface area contributed by atoms with E-state index in [1.54, 1.807) is 31.2 Å². The second-order valence-corrected chi connectivity index (χ2v) is 6.49. The molecule has 0 saturated carbocycles. The average Bonchev–Trinajstić information content (AvgIpc) is 2.73. The zero-order valence-corrected chi connectivity index (χ0v) is 16.5. The number of ether oxygens (including phenoxy) is 4. The van der Waals surface area contributed by atoms with Crippen molar-refractivity contribution in [1.82, 2.24) is 0 Å². The fourth-order valence-corrected chi connectivity index (χ4v) is 3.02. The third-order valence-corrected chi connectivity index (χ3v) is 4.46. The third kappa shape index (κ3) is 4.97. The minimum atomic E-state index is -2.97. The summed E-state index contributed by atoms with van der Waals surface area (Å²) in [7, 11) is 1.32. The number of para-hydroxylation sites is 2. The molecule has 1 aliphatic heterocycles. The predicted molar refractivity (Wildman–Crippen MR) is 103 cm³/mol. The van der Waals surface area contributed by atoms with E-state index >= 15 is 0 Å². The van der Waals surface area contributed by atoms with Gasteiger partial charge in [-0.3, -0.25) is 9.59 Å². The van der Waals surface area contributed by atoms with Crippen LogP contribution in [0.3, 0.4) is 0 Å². The van der Waals surface area contributed by atoms with Crippen molar-refractivity contribution in [3.8, 4) is 17.2 Å². The lowest BCUT2D eigenvalue weighted by Crippen LogP contribution is -2.45. The van der Waals surface area contributed by atoms with Gasteiger partial charge in [-0.05, 0) is 36.8 Å². The van der Waals surface area contributed by atoms with Crippen molar-refractivity contribution in [3.63, 3.8) is 0 Å². The van der Waals surface area contributed by atoms with Gasteiger partial charge < -0.3 is 23.8 Å². The molecule has 0 radical (unpaired) electrons. The highest BCUT2D eigenvalue weighted by atomic mass is 19.3. The van der Waals surface area contributed by atoms with E-state index in [1.165, 1.54) is 30.2 Å². The molecule has 7 nitrogen and oxygen atoms in total. The summed E-state index contributed by atoms with van der Waals surface area (Å²) in [5.74, 6) is -0.169. The number of fused-ring (bicyclic) bond motifs is 1. The van der Waals surface area contributed by atoms with E-state index in [1.807, 2.05) is 0 Å². The first-order chi connectivity index (χ1) is 14.4. The predicted octanol–water partition coefficient (Wildman–Crippen LogP) is 3.54. The van der Waals surface area contributed by atoms with Crippen molar-refractivity contribution < 1.29 is 37.3 Å². The molecule has 2 aromatic rings. The van der Waals surface area contributed by atoms with Crippen LogP contribution in [0.4, 0.5) is 14.5 Å². The summed E-state index contributed by atoms with van der Waals surface area (Å²) < 4.78 is 45.0. The highest BCUT2D eigenvalue weighted by Crippen LogP contribution is 2.34. The molecule has 9 heteroatoms. The van der Waals surface area contributed by atoms with E-state index in [2.05, 4.69) is 4.74 Å². The molecule has 0 aliphatic carbocycles. The van der Waals surface area contributed by atoms with Crippen LogP contribution in [0, 0.1) is 0 Å².